The van der Waals surface area contributed by atoms with E-state index in [2.05, 4.69) is 0 Å². The molecule has 0 amide bonds. The Morgan fingerprint density at radius 1 is 1.14 bits per heavy atom. The van der Waals surface area contributed by atoms with Crippen LogP contribution < -0.4 is 4.31 Å². The molecule has 7 nitrogen and oxygen atoms in total. The highest BCUT2D eigenvalue weighted by molar-refractivity contribution is 7.92. The maximum absolute atomic E-state index is 12.4. The zero-order chi connectivity index (χ0) is 19.9. The number of fused-ring (bicyclic) bond motifs is 2. The maximum Gasteiger partial charge on any atom is 0.374 e. The molecular formula is C20H17NO6S. The second-order valence-electron chi connectivity index (χ2n) is 6.58. The lowest BCUT2D eigenvalue weighted by atomic mass is 10.1. The van der Waals surface area contributed by atoms with Crippen molar-refractivity contribution in [2.75, 3.05) is 23.7 Å². The first-order valence-electron chi connectivity index (χ1n) is 8.62. The second kappa shape index (κ2) is 6.79. The van der Waals surface area contributed by atoms with Crippen LogP contribution in [0.1, 0.15) is 26.5 Å². The Morgan fingerprint density at radius 2 is 1.93 bits per heavy atom. The highest BCUT2D eigenvalue weighted by Gasteiger charge is 2.27. The van der Waals surface area contributed by atoms with Crippen molar-refractivity contribution in [2.24, 2.45) is 0 Å². The van der Waals surface area contributed by atoms with Crippen molar-refractivity contribution in [3.8, 4) is 0 Å². The van der Waals surface area contributed by atoms with E-state index in [1.807, 2.05) is 12.1 Å². The van der Waals surface area contributed by atoms with E-state index >= 15 is 0 Å². The van der Waals surface area contributed by atoms with Crippen LogP contribution in [0.4, 0.5) is 5.69 Å². The summed E-state index contributed by atoms with van der Waals surface area (Å²) in [6.45, 7) is -0.0721. The SMILES string of the molecule is CS(=O)(=O)N1CCc2cc(C(=O)COC(=O)c3cc4ccccc4o3)ccc21. The summed E-state index contributed by atoms with van der Waals surface area (Å²) in [7, 11) is -3.34. The highest BCUT2D eigenvalue weighted by Crippen LogP contribution is 2.30. The van der Waals surface area contributed by atoms with Gasteiger partial charge in [0.05, 0.1) is 11.9 Å². The summed E-state index contributed by atoms with van der Waals surface area (Å²) >= 11 is 0. The molecule has 4 rings (SSSR count). The molecule has 8 heteroatoms. The highest BCUT2D eigenvalue weighted by atomic mass is 32.2. The largest absolute Gasteiger partial charge is 0.451 e. The van der Waals surface area contributed by atoms with Crippen LogP contribution in [0, 0.1) is 0 Å². The summed E-state index contributed by atoms with van der Waals surface area (Å²) in [4.78, 5) is 24.5. The van der Waals surface area contributed by atoms with Gasteiger partial charge in [-0.05, 0) is 42.3 Å². The van der Waals surface area contributed by atoms with Gasteiger partial charge in [-0.25, -0.2) is 13.2 Å². The molecule has 0 saturated heterocycles. The Bertz CT molecular complexity index is 1160. The average molecular weight is 399 g/mol. The van der Waals surface area contributed by atoms with E-state index in [1.165, 1.54) is 4.31 Å². The quantitative estimate of drug-likeness (QED) is 0.484. The number of hydrogen-bond acceptors (Lipinski definition) is 6. The lowest BCUT2D eigenvalue weighted by Gasteiger charge is -2.16. The first-order chi connectivity index (χ1) is 13.3. The number of nitrogens with zero attached hydrogens (tertiary/aromatic N) is 1. The number of ether oxygens (including phenoxy) is 1. The predicted molar refractivity (Wildman–Crippen MR) is 103 cm³/mol. The molecule has 0 saturated carbocycles. The van der Waals surface area contributed by atoms with Gasteiger partial charge in [-0.2, -0.15) is 0 Å². The van der Waals surface area contributed by atoms with Gasteiger partial charge in [-0.15, -0.1) is 0 Å². The smallest absolute Gasteiger partial charge is 0.374 e. The number of carbonyl (C=O) groups is 2. The number of ketones is 1. The van der Waals surface area contributed by atoms with Gasteiger partial charge >= 0.3 is 5.97 Å². The number of furan rings is 1. The molecule has 0 bridgehead atoms. The van der Waals surface area contributed by atoms with Crippen molar-refractivity contribution < 1.29 is 27.2 Å². The number of benzene rings is 2. The van der Waals surface area contributed by atoms with E-state index in [1.54, 1.807) is 36.4 Å². The normalized spacial score (nSPS) is 13.5. The molecule has 1 aliphatic rings. The zero-order valence-electron chi connectivity index (χ0n) is 15.0. The maximum atomic E-state index is 12.4. The predicted octanol–water partition coefficient (Wildman–Crippen LogP) is 2.79. The summed E-state index contributed by atoms with van der Waals surface area (Å²) in [6.07, 6.45) is 1.68. The minimum atomic E-state index is -3.34. The minimum absolute atomic E-state index is 0.0340. The van der Waals surface area contributed by atoms with E-state index < -0.39 is 22.6 Å². The standard InChI is InChI=1S/C20H17NO6S/c1-28(24,25)21-9-8-13-10-14(6-7-16(13)21)17(22)12-26-20(23)19-11-15-4-2-3-5-18(15)27-19/h2-7,10-11H,8-9,12H2,1H3. The van der Waals surface area contributed by atoms with Gasteiger partial charge < -0.3 is 9.15 Å². The molecule has 28 heavy (non-hydrogen) atoms. The zero-order valence-corrected chi connectivity index (χ0v) is 15.9. The van der Waals surface area contributed by atoms with Crippen molar-refractivity contribution in [2.45, 2.75) is 6.42 Å². The molecule has 1 aromatic heterocycles. The second-order valence-corrected chi connectivity index (χ2v) is 8.48. The van der Waals surface area contributed by atoms with Gasteiger partial charge in [0, 0.05) is 17.5 Å². The Labute approximate surface area is 161 Å². The molecule has 2 aromatic carbocycles. The molecule has 0 unspecified atom stereocenters. The summed E-state index contributed by atoms with van der Waals surface area (Å²) in [5, 5.41) is 0.773. The Balaban J connectivity index is 1.45. The van der Waals surface area contributed by atoms with Crippen LogP contribution in [-0.2, 0) is 21.2 Å². The van der Waals surface area contributed by atoms with E-state index in [-0.39, 0.29) is 11.5 Å². The number of para-hydroxylation sites is 1. The monoisotopic (exact) mass is 399 g/mol. The Hall–Kier alpha value is -3.13. The van der Waals surface area contributed by atoms with Crippen LogP contribution in [0.2, 0.25) is 0 Å². The number of rotatable bonds is 5. The van der Waals surface area contributed by atoms with E-state index in [0.29, 0.717) is 29.8 Å². The van der Waals surface area contributed by atoms with Gasteiger partial charge in [0.25, 0.3) is 0 Å². The van der Waals surface area contributed by atoms with Crippen molar-refractivity contribution in [1.29, 1.82) is 0 Å². The molecule has 0 N–H and O–H groups in total. The third kappa shape index (κ3) is 3.38. The summed E-state index contributed by atoms with van der Waals surface area (Å²) < 4.78 is 35.4. The number of anilines is 1. The third-order valence-electron chi connectivity index (χ3n) is 4.62. The summed E-state index contributed by atoms with van der Waals surface area (Å²) in [5.41, 5.74) is 2.29. The van der Waals surface area contributed by atoms with Crippen molar-refractivity contribution in [3.05, 3.63) is 65.4 Å². The molecule has 144 valence electrons. The first-order valence-corrected chi connectivity index (χ1v) is 10.5. The van der Waals surface area contributed by atoms with Crippen molar-refractivity contribution in [3.63, 3.8) is 0 Å². The number of hydrogen-bond donors (Lipinski definition) is 0. The van der Waals surface area contributed by atoms with Crippen molar-refractivity contribution >= 4 is 38.4 Å². The molecule has 0 aliphatic carbocycles. The molecule has 3 aromatic rings. The molecule has 0 fully saturated rings. The van der Waals surface area contributed by atoms with Gasteiger partial charge in [0.2, 0.25) is 15.8 Å². The van der Waals surface area contributed by atoms with Crippen LogP contribution in [0.25, 0.3) is 11.0 Å². The lowest BCUT2D eigenvalue weighted by Crippen LogP contribution is -2.27. The summed E-state index contributed by atoms with van der Waals surface area (Å²) in [5.74, 6) is -1.05. The van der Waals surface area contributed by atoms with Gasteiger partial charge in [-0.3, -0.25) is 9.10 Å². The Morgan fingerprint density at radius 3 is 2.68 bits per heavy atom. The molecule has 0 spiro atoms. The molecule has 1 aliphatic heterocycles. The number of Topliss-reactive ketones (excluding diaryl/α,β-unsaturated/α-hetero) is 1. The van der Waals surface area contributed by atoms with Crippen LogP contribution >= 0.6 is 0 Å². The average Bonchev–Trinajstić information content (AvgIpc) is 3.28. The molecular weight excluding hydrogens is 382 g/mol. The van der Waals surface area contributed by atoms with Gasteiger partial charge in [-0.1, -0.05) is 18.2 Å². The van der Waals surface area contributed by atoms with Crippen LogP contribution in [0.3, 0.4) is 0 Å². The van der Waals surface area contributed by atoms with Crippen LogP contribution in [0.15, 0.2) is 52.9 Å². The number of sulfonamides is 1. The first kappa shape index (κ1) is 18.2. The molecule has 0 radical (unpaired) electrons. The molecule has 0 atom stereocenters. The minimum Gasteiger partial charge on any atom is -0.451 e. The van der Waals surface area contributed by atoms with Crippen LogP contribution in [-0.4, -0.2) is 39.6 Å². The number of esters is 1. The Kier molecular flexibility index (Phi) is 4.43. The third-order valence-corrected chi connectivity index (χ3v) is 5.80. The van der Waals surface area contributed by atoms with Crippen LogP contribution in [0.5, 0.6) is 0 Å². The molecule has 2 heterocycles. The fraction of sp³-hybridized carbons (Fsp3) is 0.200. The van der Waals surface area contributed by atoms with Gasteiger partial charge in [0.15, 0.2) is 12.4 Å². The van der Waals surface area contributed by atoms with Gasteiger partial charge in [0.1, 0.15) is 5.58 Å². The van der Waals surface area contributed by atoms with E-state index in [4.69, 9.17) is 9.15 Å². The fourth-order valence-electron chi connectivity index (χ4n) is 3.26. The van der Waals surface area contributed by atoms with E-state index in [9.17, 15) is 18.0 Å². The number of carbonyl (C=O) groups excluding carboxylic acids is 2. The summed E-state index contributed by atoms with van der Waals surface area (Å²) in [6, 6.07) is 13.5. The van der Waals surface area contributed by atoms with E-state index in [0.717, 1.165) is 17.2 Å². The topological polar surface area (TPSA) is 93.9 Å². The lowest BCUT2D eigenvalue weighted by molar-refractivity contribution is 0.0446. The fourth-order valence-corrected chi connectivity index (χ4v) is 4.22. The van der Waals surface area contributed by atoms with Crippen molar-refractivity contribution in [1.82, 2.24) is 0 Å².